The van der Waals surface area contributed by atoms with Crippen molar-refractivity contribution in [3.63, 3.8) is 0 Å². The molecule has 1 heterocycles. The zero-order valence-electron chi connectivity index (χ0n) is 17.5. The van der Waals surface area contributed by atoms with E-state index in [9.17, 15) is 9.59 Å². The summed E-state index contributed by atoms with van der Waals surface area (Å²) in [7, 11) is 0. The highest BCUT2D eigenvalue weighted by atomic mass is 35.5. The Hall–Kier alpha value is -2.57. The van der Waals surface area contributed by atoms with Crippen LogP contribution in [0.2, 0.25) is 0 Å². The molecule has 1 unspecified atom stereocenters. The number of carbonyl (C=O) groups excluding carboxylic acids is 2. The molecule has 4 rings (SSSR count). The molecule has 1 aliphatic carbocycles. The number of likely N-dealkylation sites (tertiary alicyclic amines) is 1. The molecule has 1 saturated heterocycles. The normalized spacial score (nSPS) is 20.5. The van der Waals surface area contributed by atoms with Crippen molar-refractivity contribution in [2.45, 2.75) is 37.8 Å². The maximum absolute atomic E-state index is 12.7. The van der Waals surface area contributed by atoms with E-state index in [1.165, 1.54) is 0 Å². The van der Waals surface area contributed by atoms with Crippen LogP contribution in [0.3, 0.4) is 0 Å². The van der Waals surface area contributed by atoms with Gasteiger partial charge in [0.2, 0.25) is 0 Å². The number of amides is 1. The Kier molecular flexibility index (Phi) is 7.57. The van der Waals surface area contributed by atoms with E-state index in [1.807, 2.05) is 54.6 Å². The van der Waals surface area contributed by atoms with E-state index in [2.05, 4.69) is 0 Å². The summed E-state index contributed by atoms with van der Waals surface area (Å²) in [5, 5.41) is 0. The number of rotatable bonds is 5. The summed E-state index contributed by atoms with van der Waals surface area (Å²) in [5.74, 6) is -0.121. The standard InChI is InChI=1S/C24H28N2O4.ClH/c25-24(13-10-20-8-4-5-9-21(20)24)22(27)29-16-19-11-14-26(15-12-19)23(28)30-17-18-6-2-1-3-7-18;/h1-9,19H,10-17,25H2;1H. The average molecular weight is 445 g/mol. The molecule has 1 atom stereocenters. The van der Waals surface area contributed by atoms with Crippen molar-refractivity contribution in [2.75, 3.05) is 19.7 Å². The third-order valence-corrected chi connectivity index (χ3v) is 6.18. The molecule has 2 N–H and O–H groups in total. The van der Waals surface area contributed by atoms with E-state index in [-0.39, 0.29) is 37.0 Å². The van der Waals surface area contributed by atoms with E-state index in [4.69, 9.17) is 15.2 Å². The molecule has 0 radical (unpaired) electrons. The Bertz CT molecular complexity index is 899. The highest BCUT2D eigenvalue weighted by Gasteiger charge is 2.43. The van der Waals surface area contributed by atoms with Crippen molar-refractivity contribution in [3.8, 4) is 0 Å². The Balaban J connectivity index is 0.00000272. The van der Waals surface area contributed by atoms with E-state index in [1.54, 1.807) is 4.90 Å². The van der Waals surface area contributed by atoms with Crippen molar-refractivity contribution in [2.24, 2.45) is 11.7 Å². The van der Waals surface area contributed by atoms with Crippen molar-refractivity contribution in [1.82, 2.24) is 4.90 Å². The molecule has 1 fully saturated rings. The van der Waals surface area contributed by atoms with Gasteiger partial charge in [0.15, 0.2) is 0 Å². The minimum atomic E-state index is -1.04. The molecule has 0 aromatic heterocycles. The Morgan fingerprint density at radius 1 is 1.00 bits per heavy atom. The van der Waals surface area contributed by atoms with Gasteiger partial charge in [-0.2, -0.15) is 0 Å². The molecule has 1 aliphatic heterocycles. The molecule has 2 aromatic carbocycles. The molecule has 31 heavy (non-hydrogen) atoms. The first-order chi connectivity index (χ1) is 14.6. The van der Waals surface area contributed by atoms with Crippen LogP contribution in [0.1, 0.15) is 36.0 Å². The molecule has 2 aromatic rings. The quantitative estimate of drug-likeness (QED) is 0.709. The van der Waals surface area contributed by atoms with Gasteiger partial charge in [0.05, 0.1) is 6.61 Å². The van der Waals surface area contributed by atoms with Crippen LogP contribution >= 0.6 is 12.4 Å². The van der Waals surface area contributed by atoms with Gasteiger partial charge in [-0.15, -0.1) is 12.4 Å². The van der Waals surface area contributed by atoms with E-state index < -0.39 is 5.54 Å². The minimum absolute atomic E-state index is 0. The summed E-state index contributed by atoms with van der Waals surface area (Å²) < 4.78 is 11.0. The number of fused-ring (bicyclic) bond motifs is 1. The predicted octanol–water partition coefficient (Wildman–Crippen LogP) is 3.80. The lowest BCUT2D eigenvalue weighted by atomic mass is 9.93. The highest BCUT2D eigenvalue weighted by molar-refractivity contribution is 5.85. The van der Waals surface area contributed by atoms with E-state index >= 15 is 0 Å². The first-order valence-corrected chi connectivity index (χ1v) is 10.6. The number of hydrogen-bond acceptors (Lipinski definition) is 5. The maximum atomic E-state index is 12.7. The maximum Gasteiger partial charge on any atom is 0.410 e. The fourth-order valence-electron chi connectivity index (χ4n) is 4.27. The number of hydrogen-bond donors (Lipinski definition) is 1. The van der Waals surface area contributed by atoms with Gasteiger partial charge >= 0.3 is 12.1 Å². The van der Waals surface area contributed by atoms with Crippen molar-refractivity contribution >= 4 is 24.5 Å². The molecule has 0 spiro atoms. The lowest BCUT2D eigenvalue weighted by Gasteiger charge is -2.32. The summed E-state index contributed by atoms with van der Waals surface area (Å²) in [6, 6.07) is 17.5. The zero-order chi connectivity index (χ0) is 21.0. The third kappa shape index (κ3) is 5.20. The zero-order valence-corrected chi connectivity index (χ0v) is 18.3. The predicted molar refractivity (Wildman–Crippen MR) is 120 cm³/mol. The summed E-state index contributed by atoms with van der Waals surface area (Å²) in [6.45, 7) is 1.82. The van der Waals surface area contributed by atoms with Crippen LogP contribution in [-0.2, 0) is 32.8 Å². The number of ether oxygens (including phenoxy) is 2. The Morgan fingerprint density at radius 2 is 1.68 bits per heavy atom. The van der Waals surface area contributed by atoms with Gasteiger partial charge in [-0.3, -0.25) is 0 Å². The van der Waals surface area contributed by atoms with Gasteiger partial charge in [-0.05, 0) is 48.3 Å². The molecule has 0 bridgehead atoms. The molecule has 6 nitrogen and oxygen atoms in total. The lowest BCUT2D eigenvalue weighted by molar-refractivity contribution is -0.152. The van der Waals surface area contributed by atoms with Gasteiger partial charge in [0, 0.05) is 13.1 Å². The minimum Gasteiger partial charge on any atom is -0.464 e. The molecule has 2 aliphatic rings. The lowest BCUT2D eigenvalue weighted by Crippen LogP contribution is -2.45. The second-order valence-corrected chi connectivity index (χ2v) is 8.20. The second kappa shape index (κ2) is 10.2. The van der Waals surface area contributed by atoms with Crippen LogP contribution in [0.5, 0.6) is 0 Å². The topological polar surface area (TPSA) is 81.9 Å². The SMILES string of the molecule is Cl.NC1(C(=O)OCC2CCN(C(=O)OCc3ccccc3)CC2)CCc2ccccc21. The largest absolute Gasteiger partial charge is 0.464 e. The molecule has 7 heteroatoms. The van der Waals surface area contributed by atoms with Crippen LogP contribution < -0.4 is 5.73 Å². The third-order valence-electron chi connectivity index (χ3n) is 6.18. The molecule has 0 saturated carbocycles. The number of benzene rings is 2. The second-order valence-electron chi connectivity index (χ2n) is 8.20. The van der Waals surface area contributed by atoms with Crippen LogP contribution in [-0.4, -0.2) is 36.7 Å². The van der Waals surface area contributed by atoms with Crippen molar-refractivity contribution < 1.29 is 19.1 Å². The van der Waals surface area contributed by atoms with Crippen LogP contribution in [0.15, 0.2) is 54.6 Å². The number of aryl methyl sites for hydroxylation is 1. The monoisotopic (exact) mass is 444 g/mol. The van der Waals surface area contributed by atoms with Crippen LogP contribution in [0.4, 0.5) is 4.79 Å². The smallest absolute Gasteiger partial charge is 0.410 e. The fraction of sp³-hybridized carbons (Fsp3) is 0.417. The van der Waals surface area contributed by atoms with Crippen molar-refractivity contribution in [3.05, 3.63) is 71.3 Å². The van der Waals surface area contributed by atoms with Gasteiger partial charge in [0.25, 0.3) is 0 Å². The average Bonchev–Trinajstić information content (AvgIpc) is 3.15. The van der Waals surface area contributed by atoms with Gasteiger partial charge < -0.3 is 20.1 Å². The number of esters is 1. The van der Waals surface area contributed by atoms with Gasteiger partial charge in [0.1, 0.15) is 12.1 Å². The van der Waals surface area contributed by atoms with Crippen molar-refractivity contribution in [1.29, 1.82) is 0 Å². The number of piperidine rings is 1. The number of nitrogens with two attached hydrogens (primary N) is 1. The summed E-state index contributed by atoms with van der Waals surface area (Å²) in [6.07, 6.45) is 2.64. The molecule has 166 valence electrons. The number of halogens is 1. The number of carbonyl (C=O) groups is 2. The number of nitrogens with zero attached hydrogens (tertiary/aromatic N) is 1. The molecule has 1 amide bonds. The molecular formula is C24H29ClN2O4. The summed E-state index contributed by atoms with van der Waals surface area (Å²) in [4.78, 5) is 26.7. The molecular weight excluding hydrogens is 416 g/mol. The summed E-state index contributed by atoms with van der Waals surface area (Å²) in [5.41, 5.74) is 8.36. The first kappa shape index (κ1) is 23.1. The highest BCUT2D eigenvalue weighted by Crippen LogP contribution is 2.36. The fourth-order valence-corrected chi connectivity index (χ4v) is 4.27. The van der Waals surface area contributed by atoms with Gasteiger partial charge in [-0.1, -0.05) is 54.6 Å². The summed E-state index contributed by atoms with van der Waals surface area (Å²) >= 11 is 0. The van der Waals surface area contributed by atoms with Gasteiger partial charge in [-0.25, -0.2) is 9.59 Å². The van der Waals surface area contributed by atoms with Crippen LogP contribution in [0.25, 0.3) is 0 Å². The van der Waals surface area contributed by atoms with Crippen LogP contribution in [0, 0.1) is 5.92 Å². The Morgan fingerprint density at radius 3 is 2.42 bits per heavy atom. The van der Waals surface area contributed by atoms with E-state index in [0.717, 1.165) is 36.0 Å². The Labute approximate surface area is 189 Å². The van der Waals surface area contributed by atoms with E-state index in [0.29, 0.717) is 26.1 Å². The first-order valence-electron chi connectivity index (χ1n) is 10.6.